The minimum atomic E-state index is -0.258. The number of thiazole rings is 1. The van der Waals surface area contributed by atoms with Crippen molar-refractivity contribution in [3.63, 3.8) is 0 Å². The topological polar surface area (TPSA) is 12.9 Å². The van der Waals surface area contributed by atoms with Crippen LogP contribution >= 0.6 is 34.5 Å². The van der Waals surface area contributed by atoms with Gasteiger partial charge in [0.2, 0.25) is 0 Å². The molecule has 0 radical (unpaired) electrons. The molecular formula is C15H8Cl2FNS. The molecule has 0 fully saturated rings. The molecule has 20 heavy (non-hydrogen) atoms. The lowest BCUT2D eigenvalue weighted by Gasteiger charge is -2.01. The average Bonchev–Trinajstić information content (AvgIpc) is 2.89. The summed E-state index contributed by atoms with van der Waals surface area (Å²) in [6, 6.07) is 11.6. The molecular weight excluding hydrogens is 316 g/mol. The van der Waals surface area contributed by atoms with Gasteiger partial charge in [-0.15, -0.1) is 11.3 Å². The van der Waals surface area contributed by atoms with Crippen LogP contribution in [0.2, 0.25) is 10.0 Å². The van der Waals surface area contributed by atoms with Crippen LogP contribution in [0.5, 0.6) is 0 Å². The molecule has 0 N–H and O–H groups in total. The van der Waals surface area contributed by atoms with Crippen molar-refractivity contribution in [1.29, 1.82) is 0 Å². The van der Waals surface area contributed by atoms with Gasteiger partial charge < -0.3 is 0 Å². The SMILES string of the molecule is Fc1ccc(-c2nc(-c3ccc(Cl)cc3Cl)cs2)cc1. The van der Waals surface area contributed by atoms with Gasteiger partial charge in [-0.2, -0.15) is 0 Å². The lowest BCUT2D eigenvalue weighted by Crippen LogP contribution is -1.82. The minimum absolute atomic E-state index is 0.258. The fraction of sp³-hybridized carbons (Fsp3) is 0. The van der Waals surface area contributed by atoms with E-state index in [9.17, 15) is 4.39 Å². The maximum absolute atomic E-state index is 12.9. The molecule has 0 saturated heterocycles. The Hall–Kier alpha value is -1.42. The quantitative estimate of drug-likeness (QED) is 0.570. The zero-order valence-electron chi connectivity index (χ0n) is 10.1. The van der Waals surface area contributed by atoms with Gasteiger partial charge in [0.05, 0.1) is 10.7 Å². The van der Waals surface area contributed by atoms with Crippen molar-refractivity contribution < 1.29 is 4.39 Å². The molecule has 0 atom stereocenters. The third-order valence-corrected chi connectivity index (χ3v) is 4.24. The van der Waals surface area contributed by atoms with Gasteiger partial charge in [0.15, 0.2) is 0 Å². The van der Waals surface area contributed by atoms with Crippen molar-refractivity contribution in [2.45, 2.75) is 0 Å². The second-order valence-corrected chi connectivity index (χ2v) is 5.87. The highest BCUT2D eigenvalue weighted by molar-refractivity contribution is 7.13. The third-order valence-electron chi connectivity index (χ3n) is 2.80. The van der Waals surface area contributed by atoms with Crippen LogP contribution in [0.15, 0.2) is 47.8 Å². The molecule has 0 aliphatic heterocycles. The molecule has 0 saturated carbocycles. The van der Waals surface area contributed by atoms with Crippen LogP contribution in [0.1, 0.15) is 0 Å². The average molecular weight is 324 g/mol. The van der Waals surface area contributed by atoms with Crippen LogP contribution in [-0.2, 0) is 0 Å². The lowest BCUT2D eigenvalue weighted by atomic mass is 10.2. The maximum Gasteiger partial charge on any atom is 0.124 e. The van der Waals surface area contributed by atoms with Crippen molar-refractivity contribution in [2.75, 3.05) is 0 Å². The zero-order chi connectivity index (χ0) is 14.1. The summed E-state index contributed by atoms with van der Waals surface area (Å²) in [7, 11) is 0. The molecule has 0 aliphatic carbocycles. The highest BCUT2D eigenvalue weighted by Gasteiger charge is 2.10. The first-order chi connectivity index (χ1) is 9.63. The van der Waals surface area contributed by atoms with Gasteiger partial charge in [0, 0.05) is 21.5 Å². The first-order valence-corrected chi connectivity index (χ1v) is 7.44. The van der Waals surface area contributed by atoms with E-state index in [2.05, 4.69) is 4.98 Å². The summed E-state index contributed by atoms with van der Waals surface area (Å²) in [6.45, 7) is 0. The Morgan fingerprint density at radius 2 is 1.75 bits per heavy atom. The number of hydrogen-bond acceptors (Lipinski definition) is 2. The molecule has 3 rings (SSSR count). The van der Waals surface area contributed by atoms with E-state index in [4.69, 9.17) is 23.2 Å². The monoisotopic (exact) mass is 323 g/mol. The summed E-state index contributed by atoms with van der Waals surface area (Å²) >= 11 is 13.5. The van der Waals surface area contributed by atoms with Crippen LogP contribution in [-0.4, -0.2) is 4.98 Å². The van der Waals surface area contributed by atoms with E-state index in [-0.39, 0.29) is 5.82 Å². The Morgan fingerprint density at radius 1 is 1.00 bits per heavy atom. The van der Waals surface area contributed by atoms with Gasteiger partial charge in [-0.05, 0) is 42.5 Å². The van der Waals surface area contributed by atoms with Gasteiger partial charge in [0.25, 0.3) is 0 Å². The highest BCUT2D eigenvalue weighted by Crippen LogP contribution is 2.33. The summed E-state index contributed by atoms with van der Waals surface area (Å²) < 4.78 is 12.9. The van der Waals surface area contributed by atoms with Gasteiger partial charge in [-0.3, -0.25) is 0 Å². The molecule has 0 amide bonds. The fourth-order valence-corrected chi connectivity index (χ4v) is 3.15. The number of halogens is 3. The first-order valence-electron chi connectivity index (χ1n) is 5.80. The van der Waals surface area contributed by atoms with E-state index in [1.54, 1.807) is 24.3 Å². The van der Waals surface area contributed by atoms with E-state index in [0.29, 0.717) is 10.0 Å². The molecule has 0 aliphatic rings. The van der Waals surface area contributed by atoms with E-state index in [1.807, 2.05) is 11.4 Å². The van der Waals surface area contributed by atoms with Crippen molar-refractivity contribution in [3.05, 3.63) is 63.7 Å². The van der Waals surface area contributed by atoms with Crippen LogP contribution in [0.4, 0.5) is 4.39 Å². The summed E-state index contributed by atoms with van der Waals surface area (Å²) in [6.07, 6.45) is 0. The molecule has 0 bridgehead atoms. The van der Waals surface area contributed by atoms with Crippen LogP contribution < -0.4 is 0 Å². The van der Waals surface area contributed by atoms with Crippen LogP contribution in [0.25, 0.3) is 21.8 Å². The second-order valence-electron chi connectivity index (χ2n) is 4.17. The first kappa shape index (κ1) is 13.6. The minimum Gasteiger partial charge on any atom is -0.236 e. The third kappa shape index (κ3) is 2.70. The van der Waals surface area contributed by atoms with E-state index in [0.717, 1.165) is 21.8 Å². The number of aromatic nitrogens is 1. The fourth-order valence-electron chi connectivity index (χ4n) is 1.82. The molecule has 0 spiro atoms. The molecule has 5 heteroatoms. The van der Waals surface area contributed by atoms with Gasteiger partial charge >= 0.3 is 0 Å². The zero-order valence-corrected chi connectivity index (χ0v) is 12.4. The summed E-state index contributed by atoms with van der Waals surface area (Å²) in [5.74, 6) is -0.258. The Bertz CT molecular complexity index is 753. The Kier molecular flexibility index (Phi) is 3.74. The van der Waals surface area contributed by atoms with Crippen molar-refractivity contribution >= 4 is 34.5 Å². The number of benzene rings is 2. The molecule has 1 heterocycles. The lowest BCUT2D eigenvalue weighted by molar-refractivity contribution is 0.628. The Labute approximate surface area is 129 Å². The van der Waals surface area contributed by atoms with E-state index >= 15 is 0 Å². The van der Waals surface area contributed by atoms with Crippen LogP contribution in [0.3, 0.4) is 0 Å². The van der Waals surface area contributed by atoms with Crippen LogP contribution in [0, 0.1) is 5.82 Å². The molecule has 2 aromatic carbocycles. The summed E-state index contributed by atoms with van der Waals surface area (Å²) in [5.41, 5.74) is 2.50. The Balaban J connectivity index is 1.99. The largest absolute Gasteiger partial charge is 0.236 e. The molecule has 1 aromatic heterocycles. The van der Waals surface area contributed by atoms with Crippen molar-refractivity contribution in [3.8, 4) is 21.8 Å². The van der Waals surface area contributed by atoms with Gasteiger partial charge in [-0.25, -0.2) is 9.37 Å². The normalized spacial score (nSPS) is 10.8. The molecule has 3 aromatic rings. The van der Waals surface area contributed by atoms with E-state index < -0.39 is 0 Å². The number of rotatable bonds is 2. The van der Waals surface area contributed by atoms with Gasteiger partial charge in [-0.1, -0.05) is 23.2 Å². The number of nitrogens with zero attached hydrogens (tertiary/aromatic N) is 1. The standard InChI is InChI=1S/C15H8Cl2FNS/c16-10-3-6-12(13(17)7-10)14-8-20-15(19-14)9-1-4-11(18)5-2-9/h1-8H. The second kappa shape index (κ2) is 5.52. The maximum atomic E-state index is 12.9. The summed E-state index contributed by atoms with van der Waals surface area (Å²) in [5, 5.41) is 3.90. The molecule has 0 unspecified atom stereocenters. The molecule has 1 nitrogen and oxygen atoms in total. The Morgan fingerprint density at radius 3 is 2.45 bits per heavy atom. The van der Waals surface area contributed by atoms with Crippen molar-refractivity contribution in [2.24, 2.45) is 0 Å². The highest BCUT2D eigenvalue weighted by atomic mass is 35.5. The number of hydrogen-bond donors (Lipinski definition) is 0. The van der Waals surface area contributed by atoms with Crippen molar-refractivity contribution in [1.82, 2.24) is 4.98 Å². The van der Waals surface area contributed by atoms with Gasteiger partial charge in [0.1, 0.15) is 10.8 Å². The predicted octanol–water partition coefficient (Wildman–Crippen LogP) is 5.92. The summed E-state index contributed by atoms with van der Waals surface area (Å²) in [4.78, 5) is 4.54. The smallest absolute Gasteiger partial charge is 0.124 e. The van der Waals surface area contributed by atoms with E-state index in [1.165, 1.54) is 23.5 Å². The predicted molar refractivity (Wildman–Crippen MR) is 83.0 cm³/mol. The molecule has 100 valence electrons.